The molecule has 27 heavy (non-hydrogen) atoms. The molecule has 1 aromatic carbocycles. The van der Waals surface area contributed by atoms with Gasteiger partial charge in [-0.2, -0.15) is 9.37 Å². The minimum Gasteiger partial charge on any atom is -0.494 e. The van der Waals surface area contributed by atoms with Crippen LogP contribution in [-0.4, -0.2) is 16.6 Å². The zero-order valence-electron chi connectivity index (χ0n) is 16.8. The quantitative estimate of drug-likeness (QED) is 0.288. The fraction of sp³-hybridized carbons (Fsp3) is 0.565. The molecule has 2 aromatic rings. The first kappa shape index (κ1) is 21.3. The molecule has 1 heterocycles. The molecular weight excluding hydrogens is 339 g/mol. The van der Waals surface area contributed by atoms with Crippen LogP contribution in [0.4, 0.5) is 4.39 Å². The number of nitrogens with zero attached hydrogens (tertiary/aromatic N) is 2. The lowest BCUT2D eigenvalue weighted by atomic mass is 10.1. The third kappa shape index (κ3) is 7.66. The van der Waals surface area contributed by atoms with Gasteiger partial charge in [0.15, 0.2) is 5.82 Å². The first-order valence-electron chi connectivity index (χ1n) is 10.5. The Labute approximate surface area is 163 Å². The summed E-state index contributed by atoms with van der Waals surface area (Å²) < 4.78 is 19.9. The molecule has 0 aliphatic carbocycles. The maximum atomic E-state index is 14.3. The van der Waals surface area contributed by atoms with Crippen LogP contribution >= 0.6 is 0 Å². The van der Waals surface area contributed by atoms with E-state index in [2.05, 4.69) is 23.8 Å². The molecule has 4 heteroatoms. The Morgan fingerprint density at radius 3 is 2.15 bits per heavy atom. The minimum absolute atomic E-state index is 0.394. The number of unbranched alkanes of at least 4 members (excludes halogenated alkanes) is 7. The van der Waals surface area contributed by atoms with Gasteiger partial charge in [-0.05, 0) is 43.5 Å². The number of rotatable bonds is 13. The van der Waals surface area contributed by atoms with Crippen LogP contribution in [0.15, 0.2) is 30.5 Å². The summed E-state index contributed by atoms with van der Waals surface area (Å²) in [4.78, 5) is 8.42. The highest BCUT2D eigenvalue weighted by molar-refractivity contribution is 5.56. The molecule has 0 unspecified atom stereocenters. The van der Waals surface area contributed by atoms with E-state index in [-0.39, 0.29) is 0 Å². The summed E-state index contributed by atoms with van der Waals surface area (Å²) in [6.07, 6.45) is 13.3. The number of ether oxygens (including phenoxy) is 1. The van der Waals surface area contributed by atoms with Gasteiger partial charge in [0, 0.05) is 17.3 Å². The molecule has 148 valence electrons. The second-order valence-corrected chi connectivity index (χ2v) is 7.11. The average Bonchev–Trinajstić information content (AvgIpc) is 2.70. The second-order valence-electron chi connectivity index (χ2n) is 7.11. The van der Waals surface area contributed by atoms with Crippen molar-refractivity contribution in [2.45, 2.75) is 78.1 Å². The molecule has 0 fully saturated rings. The van der Waals surface area contributed by atoms with E-state index >= 15 is 0 Å². The van der Waals surface area contributed by atoms with Gasteiger partial charge in [0.2, 0.25) is 5.95 Å². The predicted molar refractivity (Wildman–Crippen MR) is 110 cm³/mol. The van der Waals surface area contributed by atoms with E-state index in [0.717, 1.165) is 30.6 Å². The summed E-state index contributed by atoms with van der Waals surface area (Å²) in [5.74, 6) is 0.843. The Morgan fingerprint density at radius 1 is 0.852 bits per heavy atom. The third-order valence-corrected chi connectivity index (χ3v) is 4.70. The summed E-state index contributed by atoms with van der Waals surface area (Å²) in [6, 6.07) is 7.50. The van der Waals surface area contributed by atoms with Crippen molar-refractivity contribution in [2.75, 3.05) is 6.61 Å². The Hall–Kier alpha value is -1.97. The van der Waals surface area contributed by atoms with Gasteiger partial charge in [-0.1, -0.05) is 58.8 Å². The van der Waals surface area contributed by atoms with E-state index in [0.29, 0.717) is 24.4 Å². The van der Waals surface area contributed by atoms with Crippen LogP contribution in [0.5, 0.6) is 5.75 Å². The Bertz CT molecular complexity index is 658. The summed E-state index contributed by atoms with van der Waals surface area (Å²) in [5.41, 5.74) is 1.42. The maximum Gasteiger partial charge on any atom is 0.219 e. The second kappa shape index (κ2) is 12.4. The van der Waals surface area contributed by atoms with Gasteiger partial charge in [-0.15, -0.1) is 0 Å². The van der Waals surface area contributed by atoms with E-state index in [1.807, 2.05) is 24.3 Å². The van der Waals surface area contributed by atoms with Crippen LogP contribution in [0.25, 0.3) is 11.4 Å². The number of hydrogen-bond donors (Lipinski definition) is 0. The van der Waals surface area contributed by atoms with E-state index in [4.69, 9.17) is 4.74 Å². The molecule has 0 N–H and O–H groups in total. The molecular formula is C23H33FN2O. The first-order chi connectivity index (χ1) is 13.2. The molecule has 2 rings (SSSR count). The van der Waals surface area contributed by atoms with Gasteiger partial charge in [0.05, 0.1) is 6.61 Å². The lowest BCUT2D eigenvalue weighted by Gasteiger charge is -2.07. The smallest absolute Gasteiger partial charge is 0.219 e. The highest BCUT2D eigenvalue weighted by Gasteiger charge is 2.09. The van der Waals surface area contributed by atoms with Crippen LogP contribution in [0.3, 0.4) is 0 Å². The Balaban J connectivity index is 1.79. The van der Waals surface area contributed by atoms with Crippen LogP contribution in [0, 0.1) is 5.95 Å². The van der Waals surface area contributed by atoms with Crippen molar-refractivity contribution in [3.63, 3.8) is 0 Å². The van der Waals surface area contributed by atoms with E-state index in [9.17, 15) is 4.39 Å². The summed E-state index contributed by atoms with van der Waals surface area (Å²) in [7, 11) is 0. The highest BCUT2D eigenvalue weighted by atomic mass is 19.1. The van der Waals surface area contributed by atoms with Crippen LogP contribution < -0.4 is 4.74 Å². The summed E-state index contributed by atoms with van der Waals surface area (Å²) in [5, 5.41) is 0. The lowest BCUT2D eigenvalue weighted by molar-refractivity contribution is 0.317. The molecule has 0 saturated carbocycles. The highest BCUT2D eigenvalue weighted by Crippen LogP contribution is 2.21. The number of aryl methyl sites for hydroxylation is 1. The van der Waals surface area contributed by atoms with Gasteiger partial charge in [0.25, 0.3) is 0 Å². The standard InChI is InChI=1S/C23H33FN2O/c1-3-5-6-7-8-9-10-11-12-20-18-25-23(26-22(20)24)19-13-15-21(16-14-19)27-17-4-2/h13-16,18H,3-12,17H2,1-2H3. The average molecular weight is 373 g/mol. The van der Waals surface area contributed by atoms with Crippen molar-refractivity contribution in [3.8, 4) is 17.1 Å². The normalized spacial score (nSPS) is 10.9. The molecule has 0 atom stereocenters. The van der Waals surface area contributed by atoms with E-state index in [1.165, 1.54) is 38.5 Å². The monoisotopic (exact) mass is 372 g/mol. The third-order valence-electron chi connectivity index (χ3n) is 4.70. The molecule has 0 radical (unpaired) electrons. The summed E-state index contributed by atoms with van der Waals surface area (Å²) >= 11 is 0. The molecule has 0 saturated heterocycles. The molecule has 0 amide bonds. The topological polar surface area (TPSA) is 35.0 Å². The zero-order valence-corrected chi connectivity index (χ0v) is 16.8. The SMILES string of the molecule is CCCCCCCCCCc1cnc(-c2ccc(OCCC)cc2)nc1F. The first-order valence-corrected chi connectivity index (χ1v) is 10.5. The molecule has 0 spiro atoms. The largest absolute Gasteiger partial charge is 0.494 e. The van der Waals surface area contributed by atoms with Crippen molar-refractivity contribution in [3.05, 3.63) is 42.0 Å². The van der Waals surface area contributed by atoms with Crippen LogP contribution in [0.1, 0.15) is 77.2 Å². The lowest BCUT2D eigenvalue weighted by Crippen LogP contribution is -2.00. The van der Waals surface area contributed by atoms with E-state index < -0.39 is 5.95 Å². The van der Waals surface area contributed by atoms with Crippen molar-refractivity contribution < 1.29 is 9.13 Å². The number of benzene rings is 1. The van der Waals surface area contributed by atoms with Crippen molar-refractivity contribution in [1.82, 2.24) is 9.97 Å². The molecule has 3 nitrogen and oxygen atoms in total. The fourth-order valence-corrected chi connectivity index (χ4v) is 3.06. The van der Waals surface area contributed by atoms with E-state index in [1.54, 1.807) is 6.20 Å². The summed E-state index contributed by atoms with van der Waals surface area (Å²) in [6.45, 7) is 5.00. The van der Waals surface area contributed by atoms with Gasteiger partial charge in [-0.25, -0.2) is 4.98 Å². The van der Waals surface area contributed by atoms with Crippen molar-refractivity contribution in [1.29, 1.82) is 0 Å². The van der Waals surface area contributed by atoms with Crippen LogP contribution in [0.2, 0.25) is 0 Å². The minimum atomic E-state index is -0.394. The zero-order chi connectivity index (χ0) is 19.3. The maximum absolute atomic E-state index is 14.3. The Kier molecular flexibility index (Phi) is 9.81. The van der Waals surface area contributed by atoms with Gasteiger partial charge in [-0.3, -0.25) is 0 Å². The number of hydrogen-bond acceptors (Lipinski definition) is 3. The van der Waals surface area contributed by atoms with Crippen LogP contribution in [-0.2, 0) is 6.42 Å². The Morgan fingerprint density at radius 2 is 1.52 bits per heavy atom. The number of halogens is 1. The van der Waals surface area contributed by atoms with Crippen molar-refractivity contribution in [2.24, 2.45) is 0 Å². The fourth-order valence-electron chi connectivity index (χ4n) is 3.06. The number of aromatic nitrogens is 2. The van der Waals surface area contributed by atoms with Gasteiger partial charge < -0.3 is 4.74 Å². The van der Waals surface area contributed by atoms with Crippen molar-refractivity contribution >= 4 is 0 Å². The van der Waals surface area contributed by atoms with Gasteiger partial charge in [0.1, 0.15) is 5.75 Å². The van der Waals surface area contributed by atoms with Gasteiger partial charge >= 0.3 is 0 Å². The molecule has 0 aliphatic rings. The molecule has 0 aliphatic heterocycles. The molecule has 1 aromatic heterocycles. The molecule has 0 bridgehead atoms. The predicted octanol–water partition coefficient (Wildman–Crippen LogP) is 6.75.